The van der Waals surface area contributed by atoms with Crippen LogP contribution in [-0.4, -0.2) is 128 Å². The summed E-state index contributed by atoms with van der Waals surface area (Å²) in [7, 11) is 0. The van der Waals surface area contributed by atoms with Crippen molar-refractivity contribution in [2.24, 2.45) is 0 Å². The van der Waals surface area contributed by atoms with E-state index in [1.54, 1.807) is 18.3 Å². The minimum absolute atomic E-state index is 0.0590. The molecule has 20 heteroatoms. The molecule has 19 nitrogen and oxygen atoms in total. The maximum atomic E-state index is 12.3. The zero-order valence-electron chi connectivity index (χ0n) is 40.0. The number of anilines is 5. The fraction of sp³-hybridized carbons (Fsp3) is 0.531. The standard InChI is InChI=1S/C49H70N10O9S/c1-4-41(60)54-36-13-7-14-37(31-36)55-46-35(2)33-53-47(58-46)56-38-15-8-16-39(32-38)68-26-12-23-52-44(63)20-9-19-43(62)51-22-11-25-66-28-30-67-29-27-65-24-10-21-50-42(61)18-6-5-17-40-45-49(3,34-69-40)59-48(64)57-45/h4,7-8,13-16,31-33,40,45H,1,5-6,9-12,17-30,34H2,2-3H3,(H,50,61)(H,51,62)(H,52,63)(H,54,60)(H2,57,59,64)(H2,53,55,56,58). The van der Waals surface area contributed by atoms with E-state index in [1.165, 1.54) is 6.08 Å². The lowest BCUT2D eigenvalue weighted by Gasteiger charge is -2.23. The lowest BCUT2D eigenvalue weighted by molar-refractivity contribution is -0.123. The second-order valence-electron chi connectivity index (χ2n) is 17.0. The first-order chi connectivity index (χ1) is 33.5. The summed E-state index contributed by atoms with van der Waals surface area (Å²) < 4.78 is 22.6. The molecule has 2 fully saturated rings. The highest BCUT2D eigenvalue weighted by Crippen LogP contribution is 2.39. The molecule has 1 aromatic heterocycles. The third-order valence-corrected chi connectivity index (χ3v) is 12.9. The van der Waals surface area contributed by atoms with Gasteiger partial charge in [0.15, 0.2) is 0 Å². The van der Waals surface area contributed by atoms with Crippen LogP contribution in [0, 0.1) is 6.92 Å². The Balaban J connectivity index is 0.775. The molecule has 69 heavy (non-hydrogen) atoms. The van der Waals surface area contributed by atoms with Gasteiger partial charge in [-0.3, -0.25) is 19.2 Å². The van der Waals surface area contributed by atoms with E-state index in [9.17, 15) is 24.0 Å². The number of carbonyl (C=O) groups is 5. The van der Waals surface area contributed by atoms with Crippen molar-refractivity contribution in [2.45, 2.75) is 94.9 Å². The van der Waals surface area contributed by atoms with E-state index in [0.29, 0.717) is 120 Å². The van der Waals surface area contributed by atoms with Gasteiger partial charge in [0.2, 0.25) is 29.6 Å². The van der Waals surface area contributed by atoms with Crippen molar-refractivity contribution >= 4 is 70.3 Å². The van der Waals surface area contributed by atoms with E-state index < -0.39 is 0 Å². The van der Waals surface area contributed by atoms with Gasteiger partial charge >= 0.3 is 6.03 Å². The van der Waals surface area contributed by atoms with E-state index in [-0.39, 0.29) is 54.1 Å². The molecule has 6 amide bonds. The largest absolute Gasteiger partial charge is 0.493 e. The molecule has 2 aromatic carbocycles. The Morgan fingerprint density at radius 2 is 1.36 bits per heavy atom. The van der Waals surface area contributed by atoms with Crippen LogP contribution >= 0.6 is 11.8 Å². The molecule has 0 radical (unpaired) electrons. The molecule has 0 aliphatic carbocycles. The summed E-state index contributed by atoms with van der Waals surface area (Å²) in [5.74, 6) is 2.12. The van der Waals surface area contributed by atoms with Crippen LogP contribution in [0.15, 0.2) is 67.4 Å². The number of nitrogens with zero attached hydrogens (tertiary/aromatic N) is 2. The normalized spacial score (nSPS) is 16.9. The summed E-state index contributed by atoms with van der Waals surface area (Å²) in [4.78, 5) is 69.2. The number of hydrogen-bond acceptors (Lipinski definition) is 14. The number of benzene rings is 2. The van der Waals surface area contributed by atoms with Crippen LogP contribution in [0.4, 0.5) is 33.6 Å². The van der Waals surface area contributed by atoms with Crippen LogP contribution in [0.3, 0.4) is 0 Å². The van der Waals surface area contributed by atoms with Gasteiger partial charge < -0.3 is 61.5 Å². The fourth-order valence-corrected chi connectivity index (χ4v) is 9.20. The molecule has 2 saturated heterocycles. The lowest BCUT2D eigenvalue weighted by atomic mass is 9.92. The minimum Gasteiger partial charge on any atom is -0.493 e. The van der Waals surface area contributed by atoms with Crippen LogP contribution in [-0.2, 0) is 33.4 Å². The molecule has 376 valence electrons. The molecule has 3 atom stereocenters. The summed E-state index contributed by atoms with van der Waals surface area (Å²) in [6.45, 7) is 12.3. The molecule has 0 bridgehead atoms. The highest BCUT2D eigenvalue weighted by molar-refractivity contribution is 8.00. The topological polar surface area (TPSA) is 244 Å². The van der Waals surface area contributed by atoms with Gasteiger partial charge in [0, 0.05) is 98.0 Å². The van der Waals surface area contributed by atoms with E-state index in [0.717, 1.165) is 48.4 Å². The predicted molar refractivity (Wildman–Crippen MR) is 268 cm³/mol. The summed E-state index contributed by atoms with van der Waals surface area (Å²) in [6, 6.07) is 14.8. The van der Waals surface area contributed by atoms with Gasteiger partial charge in [0.05, 0.1) is 44.6 Å². The number of carbonyl (C=O) groups excluding carboxylic acids is 5. The number of hydrogen-bond donors (Lipinski definition) is 8. The van der Waals surface area contributed by atoms with E-state index in [1.807, 2.05) is 55.1 Å². The Bertz CT molecular complexity index is 2130. The average molecular weight is 975 g/mol. The number of aromatic nitrogens is 2. The predicted octanol–water partition coefficient (Wildman–Crippen LogP) is 5.63. The van der Waals surface area contributed by atoms with E-state index in [4.69, 9.17) is 18.9 Å². The number of urea groups is 1. The van der Waals surface area contributed by atoms with E-state index >= 15 is 0 Å². The number of aryl methyl sites for hydroxylation is 1. The molecule has 3 aromatic rings. The Kier molecular flexibility index (Phi) is 23.3. The SMILES string of the molecule is C=CC(=O)Nc1cccc(Nc2nc(Nc3cccc(OCCCNC(=O)CCCC(=O)NCCCOCCOCCOCCCNC(=O)CCCCC4SCC5(C)NC(=O)NC45)c3)ncc2C)c1. The smallest absolute Gasteiger partial charge is 0.315 e. The van der Waals surface area contributed by atoms with Gasteiger partial charge in [-0.25, -0.2) is 9.78 Å². The van der Waals surface area contributed by atoms with Gasteiger partial charge in [-0.05, 0) is 88.8 Å². The number of thioether (sulfide) groups is 1. The fourth-order valence-electron chi connectivity index (χ4n) is 7.50. The monoisotopic (exact) mass is 975 g/mol. The zero-order valence-corrected chi connectivity index (χ0v) is 40.8. The van der Waals surface area contributed by atoms with Crippen molar-refractivity contribution in [1.82, 2.24) is 36.6 Å². The molecular formula is C49H70N10O9S. The first kappa shape index (κ1) is 54.0. The highest BCUT2D eigenvalue weighted by atomic mass is 32.2. The van der Waals surface area contributed by atoms with Crippen LogP contribution in [0.25, 0.3) is 0 Å². The van der Waals surface area contributed by atoms with Gasteiger partial charge in [-0.15, -0.1) is 0 Å². The van der Waals surface area contributed by atoms with Gasteiger partial charge in [-0.1, -0.05) is 25.1 Å². The number of nitrogens with one attached hydrogen (secondary N) is 8. The van der Waals surface area contributed by atoms with Crippen molar-refractivity contribution in [3.63, 3.8) is 0 Å². The number of amides is 6. The Morgan fingerprint density at radius 1 is 0.768 bits per heavy atom. The van der Waals surface area contributed by atoms with Crippen LogP contribution in [0.2, 0.25) is 0 Å². The second kappa shape index (κ2) is 29.8. The molecular weight excluding hydrogens is 905 g/mol. The maximum Gasteiger partial charge on any atom is 0.315 e. The van der Waals surface area contributed by atoms with Gasteiger partial charge in [0.1, 0.15) is 11.6 Å². The minimum atomic E-state index is -0.296. The quantitative estimate of drug-likeness (QED) is 0.0206. The molecule has 3 heterocycles. The van der Waals surface area contributed by atoms with Gasteiger partial charge in [-0.2, -0.15) is 16.7 Å². The highest BCUT2D eigenvalue weighted by Gasteiger charge is 2.51. The molecule has 2 aliphatic rings. The van der Waals surface area contributed by atoms with Gasteiger partial charge in [0.25, 0.3) is 0 Å². The van der Waals surface area contributed by atoms with Crippen LogP contribution in [0.5, 0.6) is 5.75 Å². The molecule has 8 N–H and O–H groups in total. The maximum absolute atomic E-state index is 12.3. The second-order valence-corrected chi connectivity index (χ2v) is 18.2. The molecule has 3 unspecified atom stereocenters. The third-order valence-electron chi connectivity index (χ3n) is 11.2. The molecule has 5 rings (SSSR count). The van der Waals surface area contributed by atoms with Crippen LogP contribution < -0.4 is 47.3 Å². The van der Waals surface area contributed by atoms with Crippen molar-refractivity contribution in [2.75, 3.05) is 87.6 Å². The molecule has 0 saturated carbocycles. The summed E-state index contributed by atoms with van der Waals surface area (Å²) in [6.07, 6.45) is 9.21. The Morgan fingerprint density at radius 3 is 2.03 bits per heavy atom. The number of ether oxygens (including phenoxy) is 4. The van der Waals surface area contributed by atoms with Crippen molar-refractivity contribution in [3.8, 4) is 5.75 Å². The Hall–Kier alpha value is -5.96. The van der Waals surface area contributed by atoms with Crippen molar-refractivity contribution in [3.05, 3.63) is 72.9 Å². The van der Waals surface area contributed by atoms with Crippen molar-refractivity contribution < 1.29 is 42.9 Å². The number of rotatable bonds is 34. The van der Waals surface area contributed by atoms with Crippen LogP contribution in [0.1, 0.15) is 76.7 Å². The molecule has 2 aliphatic heterocycles. The summed E-state index contributed by atoms with van der Waals surface area (Å²) in [5.41, 5.74) is 2.78. The first-order valence-corrected chi connectivity index (χ1v) is 24.9. The summed E-state index contributed by atoms with van der Waals surface area (Å²) >= 11 is 1.90. The summed E-state index contributed by atoms with van der Waals surface area (Å²) in [5, 5.41) is 24.4. The van der Waals surface area contributed by atoms with Crippen molar-refractivity contribution in [1.29, 1.82) is 0 Å². The van der Waals surface area contributed by atoms with E-state index in [2.05, 4.69) is 66.0 Å². The Labute approximate surface area is 409 Å². The number of fused-ring (bicyclic) bond motifs is 1. The first-order valence-electron chi connectivity index (χ1n) is 23.9. The zero-order chi connectivity index (χ0) is 49.1. The lowest BCUT2D eigenvalue weighted by Crippen LogP contribution is -2.47. The third kappa shape index (κ3) is 20.3. The average Bonchev–Trinajstić information content (AvgIpc) is 3.80. The number of unbranched alkanes of at least 4 members (excludes halogenated alkanes) is 1. The molecule has 0 spiro atoms.